The second-order valence-corrected chi connectivity index (χ2v) is 5.53. The molecule has 1 unspecified atom stereocenters. The Kier molecular flexibility index (Phi) is 2.49. The van der Waals surface area contributed by atoms with Gasteiger partial charge < -0.3 is 0 Å². The Bertz CT molecular complexity index is 690. The average molecular weight is 279 g/mol. The number of amides is 2. The van der Waals surface area contributed by atoms with Crippen LogP contribution in [0.2, 0.25) is 0 Å². The first-order chi connectivity index (χ1) is 10.1. The third kappa shape index (κ3) is 1.05. The highest BCUT2D eigenvalue weighted by Gasteiger charge is 2.98. The molecule has 2 amide bonds. The van der Waals surface area contributed by atoms with Crippen LogP contribution in [0, 0.1) is 33.5 Å². The maximum atomic E-state index is 12.3. The lowest BCUT2D eigenvalue weighted by atomic mass is 9.80. The van der Waals surface area contributed by atoms with Crippen molar-refractivity contribution in [1.82, 2.24) is 5.32 Å². The first kappa shape index (κ1) is 13.3. The number of hydrogen-bond donors (Lipinski definition) is 1. The van der Waals surface area contributed by atoms with Crippen molar-refractivity contribution >= 4 is 11.8 Å². The van der Waals surface area contributed by atoms with Gasteiger partial charge >= 0.3 is 0 Å². The molecule has 1 saturated carbocycles. The number of hydrogen-bond acceptors (Lipinski definition) is 4. The van der Waals surface area contributed by atoms with Crippen LogP contribution in [0.15, 0.2) is 30.3 Å². The van der Waals surface area contributed by atoms with E-state index in [0.29, 0.717) is 18.4 Å². The molecule has 1 aliphatic carbocycles. The van der Waals surface area contributed by atoms with E-state index in [4.69, 9.17) is 0 Å². The van der Waals surface area contributed by atoms with Crippen LogP contribution < -0.4 is 5.32 Å². The van der Waals surface area contributed by atoms with Gasteiger partial charge in [-0.25, -0.2) is 0 Å². The van der Waals surface area contributed by atoms with E-state index in [0.717, 1.165) is 0 Å². The Morgan fingerprint density at radius 2 is 1.57 bits per heavy atom. The minimum atomic E-state index is -1.61. The van der Waals surface area contributed by atoms with Crippen LogP contribution in [-0.2, 0) is 15.0 Å². The highest BCUT2D eigenvalue weighted by atomic mass is 16.2. The lowest BCUT2D eigenvalue weighted by molar-refractivity contribution is -0.129. The summed E-state index contributed by atoms with van der Waals surface area (Å²) in [6, 6.07) is 13.0. The molecule has 1 heterocycles. The van der Waals surface area contributed by atoms with Crippen molar-refractivity contribution < 1.29 is 9.59 Å². The van der Waals surface area contributed by atoms with E-state index in [2.05, 4.69) is 5.32 Å². The number of piperidine rings is 1. The molecule has 3 atom stereocenters. The number of imide groups is 1. The van der Waals surface area contributed by atoms with Crippen molar-refractivity contribution in [1.29, 1.82) is 10.5 Å². The smallest absolute Gasteiger partial charge is 0.250 e. The summed E-state index contributed by atoms with van der Waals surface area (Å²) in [6.45, 7) is 1.91. The van der Waals surface area contributed by atoms with Crippen LogP contribution in [-0.4, -0.2) is 11.8 Å². The van der Waals surface area contributed by atoms with Crippen molar-refractivity contribution in [3.8, 4) is 12.1 Å². The van der Waals surface area contributed by atoms with Gasteiger partial charge in [0.25, 0.3) is 0 Å². The van der Waals surface area contributed by atoms with Crippen molar-refractivity contribution in [2.75, 3.05) is 0 Å². The van der Waals surface area contributed by atoms with E-state index in [-0.39, 0.29) is 0 Å². The van der Waals surface area contributed by atoms with Crippen LogP contribution in [0.3, 0.4) is 0 Å². The number of fused-ring (bicyclic) bond motifs is 1. The van der Waals surface area contributed by atoms with Crippen molar-refractivity contribution in [3.05, 3.63) is 35.9 Å². The fraction of sp³-hybridized carbons (Fsp3) is 0.375. The van der Waals surface area contributed by atoms with E-state index in [9.17, 15) is 20.1 Å². The van der Waals surface area contributed by atoms with Gasteiger partial charge in [-0.2, -0.15) is 10.5 Å². The molecule has 2 aliphatic rings. The van der Waals surface area contributed by atoms with E-state index in [1.807, 2.05) is 25.1 Å². The van der Waals surface area contributed by atoms with Gasteiger partial charge in [0.05, 0.1) is 17.6 Å². The number of carbonyl (C=O) groups is 2. The Labute approximate surface area is 122 Å². The van der Waals surface area contributed by atoms with E-state index < -0.39 is 28.1 Å². The molecule has 1 aromatic carbocycles. The number of nitriles is 2. The van der Waals surface area contributed by atoms with Gasteiger partial charge in [-0.15, -0.1) is 0 Å². The van der Waals surface area contributed by atoms with Gasteiger partial charge in [-0.1, -0.05) is 43.7 Å². The maximum Gasteiger partial charge on any atom is 0.250 e. The minimum Gasteiger partial charge on any atom is -0.293 e. The number of carbonyl (C=O) groups excluding carboxylic acids is 2. The normalized spacial score (nSPS) is 36.3. The summed E-state index contributed by atoms with van der Waals surface area (Å²) >= 11 is 0. The molecule has 0 spiro atoms. The summed E-state index contributed by atoms with van der Waals surface area (Å²) in [4.78, 5) is 24.6. The lowest BCUT2D eigenvalue weighted by Crippen LogP contribution is -2.39. The molecule has 1 N–H and O–H groups in total. The average Bonchev–Trinajstić information content (AvgIpc) is 2.97. The maximum absolute atomic E-state index is 12.3. The second kappa shape index (κ2) is 3.93. The molecule has 21 heavy (non-hydrogen) atoms. The lowest BCUT2D eigenvalue weighted by Gasteiger charge is -2.23. The number of rotatable bonds is 3. The molecule has 0 radical (unpaired) electrons. The standard InChI is InChI=1S/C16H13N3O2/c1-2-8-14(11-6-4-3-5-7-11)15(9-17)12(20)19-13(21)16(14,15)10-18/h3-7H,2,8H2,1H3,(H,19,20,21)/t14?,15-,16+. The Morgan fingerprint density at radius 1 is 1.05 bits per heavy atom. The predicted molar refractivity (Wildman–Crippen MR) is 72.3 cm³/mol. The van der Waals surface area contributed by atoms with E-state index in [1.165, 1.54) is 0 Å². The second-order valence-electron chi connectivity index (χ2n) is 5.53. The van der Waals surface area contributed by atoms with Crippen LogP contribution in [0.1, 0.15) is 25.3 Å². The number of nitrogens with one attached hydrogen (secondary N) is 1. The molecule has 1 saturated heterocycles. The van der Waals surface area contributed by atoms with Crippen molar-refractivity contribution in [2.24, 2.45) is 10.8 Å². The molecule has 2 fully saturated rings. The number of nitrogens with zero attached hydrogens (tertiary/aromatic N) is 2. The topological polar surface area (TPSA) is 93.8 Å². The number of benzene rings is 1. The Morgan fingerprint density at radius 3 is 2.00 bits per heavy atom. The van der Waals surface area contributed by atoms with E-state index >= 15 is 0 Å². The van der Waals surface area contributed by atoms with Gasteiger partial charge in [0, 0.05) is 0 Å². The molecular weight excluding hydrogens is 266 g/mol. The molecular formula is C16H13N3O2. The summed E-state index contributed by atoms with van der Waals surface area (Å²) in [5.74, 6) is -1.29. The SMILES string of the molecule is CCCC1(c2ccccc2)[C@]2(C#N)C(=O)NC(=O)[C@]12C#N. The monoisotopic (exact) mass is 279 g/mol. The van der Waals surface area contributed by atoms with Crippen molar-refractivity contribution in [2.45, 2.75) is 25.2 Å². The molecule has 0 aromatic heterocycles. The predicted octanol–water partition coefficient (Wildman–Crippen LogP) is 1.41. The van der Waals surface area contributed by atoms with Crippen LogP contribution >= 0.6 is 0 Å². The van der Waals surface area contributed by atoms with Gasteiger partial charge in [-0.05, 0) is 12.0 Å². The zero-order valence-corrected chi connectivity index (χ0v) is 11.5. The molecule has 104 valence electrons. The summed E-state index contributed by atoms with van der Waals surface area (Å²) in [5.41, 5.74) is -3.55. The molecule has 5 heteroatoms. The highest BCUT2D eigenvalue weighted by molar-refractivity contribution is 6.21. The van der Waals surface area contributed by atoms with Crippen molar-refractivity contribution in [3.63, 3.8) is 0 Å². The third-order valence-corrected chi connectivity index (χ3v) is 4.92. The summed E-state index contributed by atoms with van der Waals surface area (Å²) in [6.07, 6.45) is 1.11. The molecule has 0 bridgehead atoms. The molecule has 5 nitrogen and oxygen atoms in total. The van der Waals surface area contributed by atoms with E-state index in [1.54, 1.807) is 24.3 Å². The largest absolute Gasteiger partial charge is 0.293 e. The van der Waals surface area contributed by atoms with Crippen LogP contribution in [0.5, 0.6) is 0 Å². The molecule has 3 rings (SSSR count). The first-order valence-electron chi connectivity index (χ1n) is 6.83. The quantitative estimate of drug-likeness (QED) is 0.846. The summed E-state index contributed by atoms with van der Waals surface area (Å²) < 4.78 is 0. The molecule has 1 aliphatic heterocycles. The zero-order valence-electron chi connectivity index (χ0n) is 11.5. The highest BCUT2D eigenvalue weighted by Crippen LogP contribution is 2.82. The molecule has 1 aromatic rings. The van der Waals surface area contributed by atoms with Crippen LogP contribution in [0.4, 0.5) is 0 Å². The Balaban J connectivity index is 2.34. The first-order valence-corrected chi connectivity index (χ1v) is 6.83. The summed E-state index contributed by atoms with van der Waals surface area (Å²) in [7, 11) is 0. The zero-order chi connectivity index (χ0) is 15.3. The van der Waals surface area contributed by atoms with Gasteiger partial charge in [-0.3, -0.25) is 14.9 Å². The van der Waals surface area contributed by atoms with Gasteiger partial charge in [0.1, 0.15) is 0 Å². The Hall–Kier alpha value is -2.66. The fourth-order valence-electron chi connectivity index (χ4n) is 4.16. The summed E-state index contributed by atoms with van der Waals surface area (Å²) in [5, 5.41) is 21.5. The van der Waals surface area contributed by atoms with Gasteiger partial charge in [0.2, 0.25) is 11.8 Å². The minimum absolute atomic E-state index is 0.442. The third-order valence-electron chi connectivity index (χ3n) is 4.92. The van der Waals surface area contributed by atoms with Gasteiger partial charge in [0.15, 0.2) is 10.8 Å². The fourth-order valence-corrected chi connectivity index (χ4v) is 4.16. The van der Waals surface area contributed by atoms with Crippen LogP contribution in [0.25, 0.3) is 0 Å².